The van der Waals surface area contributed by atoms with Crippen LogP contribution in [0.15, 0.2) is 42.1 Å². The third-order valence-electron chi connectivity index (χ3n) is 4.55. The lowest BCUT2D eigenvalue weighted by Gasteiger charge is -2.30. The summed E-state index contributed by atoms with van der Waals surface area (Å²) in [7, 11) is 0. The molecular formula is C19H26F3N6O2+. The van der Waals surface area contributed by atoms with Crippen molar-refractivity contribution in [2.24, 2.45) is 5.73 Å². The first kappa shape index (κ1) is 23.4. The van der Waals surface area contributed by atoms with E-state index in [9.17, 15) is 22.8 Å². The van der Waals surface area contributed by atoms with E-state index in [1.54, 1.807) is 35.2 Å². The summed E-state index contributed by atoms with van der Waals surface area (Å²) < 4.78 is 38.9. The molecular weight excluding hydrogens is 401 g/mol. The number of nitrogens with two attached hydrogens (primary N) is 2. The van der Waals surface area contributed by atoms with Crippen molar-refractivity contribution < 1.29 is 28.1 Å². The standard InChI is InChI=1S/C19H25F3N6O2/c20-19(21,22)16(24)15(12-27-14-4-2-1-3-5-14)17(29)25-8-9-26-18(30)28-10-6-13(23)7-11-28/h1-5,12-13,24,27H,6-11,23H2,(H,25,29)(H,26,30)/p+1. The molecule has 0 unspecified atom stereocenters. The molecule has 1 aliphatic rings. The van der Waals surface area contributed by atoms with Crippen molar-refractivity contribution in [2.75, 3.05) is 26.2 Å². The number of nitrogens with one attached hydrogen (secondary N) is 3. The number of hydrogen-bond acceptors (Lipinski definition) is 4. The van der Waals surface area contributed by atoms with E-state index in [0.717, 1.165) is 6.20 Å². The Hall–Kier alpha value is -2.92. The number of likely N-dealkylation sites (tertiary alicyclic amines) is 1. The van der Waals surface area contributed by atoms with Crippen LogP contribution in [0.1, 0.15) is 12.8 Å². The van der Waals surface area contributed by atoms with E-state index >= 15 is 0 Å². The zero-order valence-electron chi connectivity index (χ0n) is 16.3. The van der Waals surface area contributed by atoms with Gasteiger partial charge < -0.3 is 21.3 Å². The van der Waals surface area contributed by atoms with Crippen LogP contribution in [-0.4, -0.2) is 60.9 Å². The van der Waals surface area contributed by atoms with Crippen molar-refractivity contribution in [1.29, 1.82) is 5.41 Å². The summed E-state index contributed by atoms with van der Waals surface area (Å²) >= 11 is 0. The molecule has 1 heterocycles. The summed E-state index contributed by atoms with van der Waals surface area (Å²) in [5, 5.41) is 13.6. The Morgan fingerprint density at radius 1 is 1.17 bits per heavy atom. The number of carbonyl (C=O) groups excluding carboxylic acids is 2. The maximum absolute atomic E-state index is 13.0. The first-order valence-electron chi connectivity index (χ1n) is 9.51. The second-order valence-corrected chi connectivity index (χ2v) is 6.84. The summed E-state index contributed by atoms with van der Waals surface area (Å²) in [6.07, 6.45) is -2.58. The van der Waals surface area contributed by atoms with Gasteiger partial charge in [0.15, 0.2) is 5.71 Å². The van der Waals surface area contributed by atoms with E-state index in [2.05, 4.69) is 10.6 Å². The molecule has 0 spiro atoms. The smallest absolute Gasteiger partial charge is 0.350 e. The average Bonchev–Trinajstić information content (AvgIpc) is 2.71. The maximum atomic E-state index is 13.0. The number of alkyl halides is 3. The molecule has 3 amide bonds. The SMILES string of the molecule is N=C(C(=C[NH2+]c1ccccc1)C(=O)NCCNC(=O)N1CCC(N)CC1)C(F)(F)F. The summed E-state index contributed by atoms with van der Waals surface area (Å²) in [4.78, 5) is 25.9. The second kappa shape index (κ2) is 10.7. The monoisotopic (exact) mass is 427 g/mol. The molecule has 1 aliphatic heterocycles. The maximum Gasteiger partial charge on any atom is 0.433 e. The second-order valence-electron chi connectivity index (χ2n) is 6.84. The summed E-state index contributed by atoms with van der Waals surface area (Å²) in [6, 6.07) is 8.24. The van der Waals surface area contributed by atoms with E-state index in [-0.39, 0.29) is 25.2 Å². The Morgan fingerprint density at radius 3 is 2.37 bits per heavy atom. The Morgan fingerprint density at radius 2 is 1.77 bits per heavy atom. The molecule has 164 valence electrons. The predicted octanol–water partition coefficient (Wildman–Crippen LogP) is 0.596. The van der Waals surface area contributed by atoms with Gasteiger partial charge in [0, 0.05) is 32.2 Å². The van der Waals surface area contributed by atoms with Gasteiger partial charge >= 0.3 is 12.2 Å². The first-order valence-corrected chi connectivity index (χ1v) is 9.51. The normalized spacial score (nSPS) is 15.6. The summed E-state index contributed by atoms with van der Waals surface area (Å²) in [5.74, 6) is -1.04. The highest BCUT2D eigenvalue weighted by Gasteiger charge is 2.39. The minimum atomic E-state index is -4.96. The zero-order valence-corrected chi connectivity index (χ0v) is 16.3. The highest BCUT2D eigenvalue weighted by atomic mass is 19.4. The molecule has 0 atom stereocenters. The number of quaternary nitrogens is 1. The molecule has 0 radical (unpaired) electrons. The number of hydrogen-bond donors (Lipinski definition) is 5. The molecule has 1 fully saturated rings. The van der Waals surface area contributed by atoms with Gasteiger partial charge in [0.25, 0.3) is 5.91 Å². The number of piperidine rings is 1. The van der Waals surface area contributed by atoms with Crippen LogP contribution in [0.2, 0.25) is 0 Å². The van der Waals surface area contributed by atoms with Crippen molar-refractivity contribution in [1.82, 2.24) is 15.5 Å². The fourth-order valence-electron chi connectivity index (χ4n) is 2.82. The molecule has 1 aromatic rings. The molecule has 11 heteroatoms. The molecule has 0 saturated carbocycles. The number of carbonyl (C=O) groups is 2. The summed E-state index contributed by atoms with van der Waals surface area (Å²) in [5.41, 5.74) is 3.84. The number of halogens is 3. The van der Waals surface area contributed by atoms with Crippen molar-refractivity contribution in [3.63, 3.8) is 0 Å². The van der Waals surface area contributed by atoms with Gasteiger partial charge in [-0.1, -0.05) is 18.2 Å². The fraction of sp³-hybridized carbons (Fsp3) is 0.421. The van der Waals surface area contributed by atoms with Gasteiger partial charge in [-0.3, -0.25) is 15.5 Å². The Balaban J connectivity index is 1.89. The van der Waals surface area contributed by atoms with Crippen molar-refractivity contribution in [2.45, 2.75) is 25.1 Å². The third-order valence-corrected chi connectivity index (χ3v) is 4.55. The van der Waals surface area contributed by atoms with Crippen LogP contribution in [0.5, 0.6) is 0 Å². The molecule has 30 heavy (non-hydrogen) atoms. The highest BCUT2D eigenvalue weighted by Crippen LogP contribution is 2.20. The van der Waals surface area contributed by atoms with Gasteiger partial charge in [-0.05, 0) is 25.0 Å². The molecule has 0 aliphatic carbocycles. The lowest BCUT2D eigenvalue weighted by atomic mass is 10.1. The van der Waals surface area contributed by atoms with Gasteiger partial charge in [0.1, 0.15) is 17.5 Å². The fourth-order valence-corrected chi connectivity index (χ4v) is 2.82. The number of rotatable bonds is 7. The van der Waals surface area contributed by atoms with Crippen LogP contribution in [0.3, 0.4) is 0 Å². The zero-order chi connectivity index (χ0) is 22.1. The van der Waals surface area contributed by atoms with Crippen molar-refractivity contribution >= 4 is 23.3 Å². The minimum absolute atomic E-state index is 0.0438. The number of urea groups is 1. The highest BCUT2D eigenvalue weighted by molar-refractivity contribution is 6.22. The summed E-state index contributed by atoms with van der Waals surface area (Å²) in [6.45, 7) is 1.03. The van der Waals surface area contributed by atoms with Crippen LogP contribution in [0, 0.1) is 5.41 Å². The van der Waals surface area contributed by atoms with Crippen molar-refractivity contribution in [3.05, 3.63) is 42.1 Å². The topological polar surface area (TPSA) is 128 Å². The van der Waals surface area contributed by atoms with E-state index in [4.69, 9.17) is 11.1 Å². The minimum Gasteiger partial charge on any atom is -0.350 e. The van der Waals surface area contributed by atoms with Gasteiger partial charge in [-0.15, -0.1) is 0 Å². The number of amides is 3. The Bertz CT molecular complexity index is 774. The number of benzene rings is 1. The molecule has 2 rings (SSSR count). The Labute approximate surface area is 172 Å². The lowest BCUT2D eigenvalue weighted by Crippen LogP contribution is -2.72. The van der Waals surface area contributed by atoms with Gasteiger partial charge in [0.05, 0.1) is 0 Å². The largest absolute Gasteiger partial charge is 0.433 e. The van der Waals surface area contributed by atoms with E-state index in [1.165, 1.54) is 5.32 Å². The number of nitrogens with zero attached hydrogens (tertiary/aromatic N) is 1. The predicted molar refractivity (Wildman–Crippen MR) is 105 cm³/mol. The van der Waals surface area contributed by atoms with E-state index in [1.807, 2.05) is 0 Å². The quantitative estimate of drug-likeness (QED) is 0.189. The number of para-hydroxylation sites is 1. The van der Waals surface area contributed by atoms with Gasteiger partial charge in [0.2, 0.25) is 0 Å². The molecule has 7 N–H and O–H groups in total. The third kappa shape index (κ3) is 7.16. The first-order chi connectivity index (χ1) is 14.2. The van der Waals surface area contributed by atoms with Crippen LogP contribution in [0.4, 0.5) is 23.7 Å². The lowest BCUT2D eigenvalue weighted by molar-refractivity contribution is -0.496. The van der Waals surface area contributed by atoms with Gasteiger partial charge in [-0.2, -0.15) is 13.2 Å². The van der Waals surface area contributed by atoms with Crippen LogP contribution >= 0.6 is 0 Å². The molecule has 1 aromatic carbocycles. The average molecular weight is 427 g/mol. The molecule has 8 nitrogen and oxygen atoms in total. The molecule has 0 aromatic heterocycles. The van der Waals surface area contributed by atoms with E-state index in [0.29, 0.717) is 31.6 Å². The van der Waals surface area contributed by atoms with Crippen LogP contribution in [-0.2, 0) is 4.79 Å². The van der Waals surface area contributed by atoms with Gasteiger partial charge in [-0.25, -0.2) is 4.79 Å². The molecule has 1 saturated heterocycles. The Kier molecular flexibility index (Phi) is 8.36. The van der Waals surface area contributed by atoms with Crippen LogP contribution < -0.4 is 21.7 Å². The van der Waals surface area contributed by atoms with Crippen LogP contribution in [0.25, 0.3) is 0 Å². The van der Waals surface area contributed by atoms with E-state index < -0.39 is 23.4 Å². The van der Waals surface area contributed by atoms with Crippen molar-refractivity contribution in [3.8, 4) is 0 Å². The molecule has 0 bridgehead atoms.